The normalized spacial score (nSPS) is 28.1. The molecule has 0 amide bonds. The van der Waals surface area contributed by atoms with Crippen LogP contribution in [0.5, 0.6) is 0 Å². The molecule has 1 fully saturated rings. The highest BCUT2D eigenvalue weighted by molar-refractivity contribution is 9.10. The molecule has 2 heterocycles. The lowest BCUT2D eigenvalue weighted by atomic mass is 10.2. The Balaban J connectivity index is 1.96. The molecule has 2 atom stereocenters. The predicted octanol–water partition coefficient (Wildman–Crippen LogP) is 3.87. The fourth-order valence-corrected chi connectivity index (χ4v) is 4.26. The van der Waals surface area contributed by atoms with E-state index < -0.39 is 0 Å². The molecule has 0 bridgehead atoms. The Labute approximate surface area is 113 Å². The average molecular weight is 319 g/mol. The summed E-state index contributed by atoms with van der Waals surface area (Å²) in [6.45, 7) is 5.26. The van der Waals surface area contributed by atoms with Crippen molar-refractivity contribution >= 4 is 44.2 Å². The van der Waals surface area contributed by atoms with Crippen LogP contribution in [0, 0.1) is 0 Å². The molecule has 2 unspecified atom stereocenters. The number of hydrogen-bond donors (Lipinski definition) is 1. The summed E-state index contributed by atoms with van der Waals surface area (Å²) in [5, 5.41) is 7.29. The smallest absolute Gasteiger partial charge is 0.157 e. The topological polar surface area (TPSA) is 24.4 Å². The number of nitrogens with one attached hydrogen (secondary N) is 1. The Bertz CT molecular complexity index is 377. The van der Waals surface area contributed by atoms with Crippen molar-refractivity contribution in [3.05, 3.63) is 20.8 Å². The van der Waals surface area contributed by atoms with Crippen LogP contribution in [0.4, 0.5) is 0 Å². The molecule has 2 nitrogen and oxygen atoms in total. The van der Waals surface area contributed by atoms with Crippen LogP contribution in [0.2, 0.25) is 0 Å². The Kier molecular flexibility index (Phi) is 4.33. The Hall–Kier alpha value is -0.0000000000000000833. The lowest BCUT2D eigenvalue weighted by Crippen LogP contribution is -2.38. The molecule has 1 aromatic rings. The van der Waals surface area contributed by atoms with Gasteiger partial charge in [0.15, 0.2) is 5.17 Å². The van der Waals surface area contributed by atoms with Crippen LogP contribution in [0.3, 0.4) is 0 Å². The minimum absolute atomic E-state index is 0.546. The second kappa shape index (κ2) is 5.56. The third-order valence-electron chi connectivity index (χ3n) is 2.37. The zero-order chi connectivity index (χ0) is 11.5. The van der Waals surface area contributed by atoms with Gasteiger partial charge in [-0.3, -0.25) is 4.99 Å². The zero-order valence-electron chi connectivity index (χ0n) is 9.37. The summed E-state index contributed by atoms with van der Waals surface area (Å²) in [5.74, 6) is 0. The highest BCUT2D eigenvalue weighted by Crippen LogP contribution is 2.24. The molecule has 2 rings (SSSR count). The van der Waals surface area contributed by atoms with Gasteiger partial charge in [0.2, 0.25) is 0 Å². The van der Waals surface area contributed by atoms with Gasteiger partial charge in [0.05, 0.1) is 6.54 Å². The molecule has 1 N–H and O–H groups in total. The molecular formula is C11H15BrN2S2. The van der Waals surface area contributed by atoms with Crippen LogP contribution in [-0.2, 0) is 6.54 Å². The molecule has 0 radical (unpaired) electrons. The first-order valence-electron chi connectivity index (χ1n) is 5.34. The van der Waals surface area contributed by atoms with Gasteiger partial charge in [-0.2, -0.15) is 0 Å². The van der Waals surface area contributed by atoms with E-state index >= 15 is 0 Å². The number of amidine groups is 1. The fraction of sp³-hybridized carbons (Fsp3) is 0.545. The fourth-order valence-electron chi connectivity index (χ4n) is 1.71. The van der Waals surface area contributed by atoms with Gasteiger partial charge in [0, 0.05) is 26.0 Å². The number of rotatable bonds is 2. The maximum absolute atomic E-state index is 4.63. The van der Waals surface area contributed by atoms with Gasteiger partial charge in [-0.25, -0.2) is 0 Å². The average Bonchev–Trinajstić information content (AvgIpc) is 2.60. The van der Waals surface area contributed by atoms with E-state index in [1.807, 2.05) is 11.8 Å². The van der Waals surface area contributed by atoms with Crippen molar-refractivity contribution in [3.63, 3.8) is 0 Å². The molecule has 0 spiro atoms. The summed E-state index contributed by atoms with van der Waals surface area (Å²) in [7, 11) is 0. The second-order valence-corrected chi connectivity index (χ2v) is 7.40. The van der Waals surface area contributed by atoms with E-state index in [-0.39, 0.29) is 0 Å². The standard InChI is InChI=1S/C11H15BrN2S2/c1-7-3-8(2)16-11(14-7)13-5-10-4-9(12)6-15-10/h4,6-8H,3,5H2,1-2H3,(H,13,14). The van der Waals surface area contributed by atoms with E-state index in [1.54, 1.807) is 11.3 Å². The van der Waals surface area contributed by atoms with Crippen molar-refractivity contribution in [1.29, 1.82) is 0 Å². The lowest BCUT2D eigenvalue weighted by molar-refractivity contribution is 0.597. The van der Waals surface area contributed by atoms with Gasteiger partial charge in [0.25, 0.3) is 0 Å². The van der Waals surface area contributed by atoms with Crippen LogP contribution in [0.15, 0.2) is 20.9 Å². The third kappa shape index (κ3) is 3.50. The van der Waals surface area contributed by atoms with Crippen LogP contribution in [0.1, 0.15) is 25.1 Å². The number of aliphatic imine (C=N–C) groups is 1. The highest BCUT2D eigenvalue weighted by Gasteiger charge is 2.19. The lowest BCUT2D eigenvalue weighted by Gasteiger charge is -2.26. The Morgan fingerprint density at radius 1 is 1.56 bits per heavy atom. The molecule has 0 aromatic carbocycles. The van der Waals surface area contributed by atoms with Gasteiger partial charge in [0.1, 0.15) is 0 Å². The molecule has 1 aromatic heterocycles. The maximum Gasteiger partial charge on any atom is 0.157 e. The molecule has 88 valence electrons. The van der Waals surface area contributed by atoms with E-state index in [9.17, 15) is 0 Å². The quantitative estimate of drug-likeness (QED) is 0.895. The van der Waals surface area contributed by atoms with E-state index in [0.29, 0.717) is 11.3 Å². The minimum atomic E-state index is 0.546. The highest BCUT2D eigenvalue weighted by atomic mass is 79.9. The second-order valence-electron chi connectivity index (χ2n) is 4.06. The van der Waals surface area contributed by atoms with E-state index in [2.05, 4.69) is 51.5 Å². The van der Waals surface area contributed by atoms with Gasteiger partial charge in [-0.05, 0) is 35.3 Å². The van der Waals surface area contributed by atoms with Crippen molar-refractivity contribution < 1.29 is 0 Å². The number of halogens is 1. The van der Waals surface area contributed by atoms with Crippen molar-refractivity contribution in [2.24, 2.45) is 4.99 Å². The van der Waals surface area contributed by atoms with Crippen LogP contribution in [-0.4, -0.2) is 16.5 Å². The SMILES string of the molecule is CC1CC(C)SC(=NCc2cc(Br)cs2)N1. The van der Waals surface area contributed by atoms with Gasteiger partial charge in [-0.1, -0.05) is 18.7 Å². The number of thiophene rings is 1. The third-order valence-corrected chi connectivity index (χ3v) is 5.12. The summed E-state index contributed by atoms with van der Waals surface area (Å²) in [5.41, 5.74) is 0. The molecule has 1 aliphatic heterocycles. The predicted molar refractivity (Wildman–Crippen MR) is 77.4 cm³/mol. The van der Waals surface area contributed by atoms with E-state index in [0.717, 1.165) is 16.2 Å². The molecule has 1 saturated heterocycles. The largest absolute Gasteiger partial charge is 0.362 e. The number of thioether (sulfide) groups is 1. The van der Waals surface area contributed by atoms with Gasteiger partial charge < -0.3 is 5.32 Å². The van der Waals surface area contributed by atoms with Crippen LogP contribution >= 0.6 is 39.0 Å². The first-order valence-corrected chi connectivity index (χ1v) is 7.89. The zero-order valence-corrected chi connectivity index (χ0v) is 12.6. The summed E-state index contributed by atoms with van der Waals surface area (Å²) in [6, 6.07) is 2.68. The first-order chi connectivity index (χ1) is 7.63. The van der Waals surface area contributed by atoms with Crippen molar-refractivity contribution in [1.82, 2.24) is 5.32 Å². The van der Waals surface area contributed by atoms with Crippen molar-refractivity contribution in [3.8, 4) is 0 Å². The monoisotopic (exact) mass is 318 g/mol. The van der Waals surface area contributed by atoms with Gasteiger partial charge in [-0.15, -0.1) is 11.3 Å². The Morgan fingerprint density at radius 3 is 3.00 bits per heavy atom. The summed E-state index contributed by atoms with van der Waals surface area (Å²) in [6.07, 6.45) is 1.22. The number of nitrogens with zero attached hydrogens (tertiary/aromatic N) is 1. The van der Waals surface area contributed by atoms with E-state index in [1.165, 1.54) is 11.3 Å². The van der Waals surface area contributed by atoms with Gasteiger partial charge >= 0.3 is 0 Å². The van der Waals surface area contributed by atoms with Crippen LogP contribution in [0.25, 0.3) is 0 Å². The van der Waals surface area contributed by atoms with Crippen molar-refractivity contribution in [2.45, 2.75) is 38.1 Å². The van der Waals surface area contributed by atoms with Crippen LogP contribution < -0.4 is 5.32 Å². The minimum Gasteiger partial charge on any atom is -0.362 e. The molecule has 1 aliphatic rings. The summed E-state index contributed by atoms with van der Waals surface area (Å²) < 4.78 is 1.15. The molecule has 0 saturated carbocycles. The maximum atomic E-state index is 4.63. The molecule has 5 heteroatoms. The summed E-state index contributed by atoms with van der Waals surface area (Å²) >= 11 is 7.06. The van der Waals surface area contributed by atoms with E-state index in [4.69, 9.17) is 0 Å². The molecule has 16 heavy (non-hydrogen) atoms. The molecule has 0 aliphatic carbocycles. The Morgan fingerprint density at radius 2 is 2.38 bits per heavy atom. The molecular weight excluding hydrogens is 304 g/mol. The number of hydrogen-bond acceptors (Lipinski definition) is 3. The summed E-state index contributed by atoms with van der Waals surface area (Å²) in [4.78, 5) is 5.92. The van der Waals surface area contributed by atoms with Crippen molar-refractivity contribution in [2.75, 3.05) is 0 Å². The first kappa shape index (κ1) is 12.5.